The van der Waals surface area contributed by atoms with Crippen LogP contribution in [0, 0.1) is 5.92 Å². The topological polar surface area (TPSA) is 83.6 Å². The van der Waals surface area contributed by atoms with Gasteiger partial charge in [-0.25, -0.2) is 0 Å². The van der Waals surface area contributed by atoms with E-state index in [0.717, 1.165) is 25.9 Å². The van der Waals surface area contributed by atoms with Crippen molar-refractivity contribution in [3.63, 3.8) is 0 Å². The Morgan fingerprint density at radius 1 is 1.38 bits per heavy atom. The van der Waals surface area contributed by atoms with Crippen molar-refractivity contribution in [2.24, 2.45) is 11.7 Å². The fraction of sp³-hybridized carbons (Fsp3) is 0.818. The third kappa shape index (κ3) is 4.18. The summed E-state index contributed by atoms with van der Waals surface area (Å²) in [6.45, 7) is 2.03. The van der Waals surface area contributed by atoms with Crippen LogP contribution in [0.25, 0.3) is 0 Å². The summed E-state index contributed by atoms with van der Waals surface area (Å²) in [5.41, 5.74) is 5.35. The molecule has 1 atom stereocenters. The first kappa shape index (κ1) is 13.0. The average molecular weight is 228 g/mol. The van der Waals surface area contributed by atoms with Crippen LogP contribution in [0.2, 0.25) is 0 Å². The molecule has 1 saturated heterocycles. The first-order valence-corrected chi connectivity index (χ1v) is 5.83. The zero-order valence-electron chi connectivity index (χ0n) is 9.52. The Balaban J connectivity index is 2.23. The molecule has 0 spiro atoms. The van der Waals surface area contributed by atoms with Gasteiger partial charge in [0, 0.05) is 25.9 Å². The fourth-order valence-corrected chi connectivity index (χ4v) is 2.03. The van der Waals surface area contributed by atoms with E-state index in [2.05, 4.69) is 0 Å². The van der Waals surface area contributed by atoms with Crippen LogP contribution >= 0.6 is 0 Å². The van der Waals surface area contributed by atoms with Gasteiger partial charge < -0.3 is 15.7 Å². The van der Waals surface area contributed by atoms with Gasteiger partial charge in [0.2, 0.25) is 5.91 Å². The first-order chi connectivity index (χ1) is 7.63. The SMILES string of the molecule is NCCCC(=O)N1CCC(CCC(=O)O)C1. The number of hydrogen-bond donors (Lipinski definition) is 2. The van der Waals surface area contributed by atoms with Gasteiger partial charge in [0.25, 0.3) is 0 Å². The molecule has 0 aliphatic carbocycles. The number of nitrogens with two attached hydrogens (primary N) is 1. The molecule has 5 nitrogen and oxygen atoms in total. The van der Waals surface area contributed by atoms with Gasteiger partial charge in [-0.15, -0.1) is 0 Å². The number of carboxylic acids is 1. The quantitative estimate of drug-likeness (QED) is 0.691. The van der Waals surface area contributed by atoms with Gasteiger partial charge in [-0.3, -0.25) is 9.59 Å². The van der Waals surface area contributed by atoms with Crippen LogP contribution in [0.15, 0.2) is 0 Å². The van der Waals surface area contributed by atoms with Crippen molar-refractivity contribution in [2.75, 3.05) is 19.6 Å². The number of rotatable bonds is 6. The number of aliphatic carboxylic acids is 1. The van der Waals surface area contributed by atoms with Crippen molar-refractivity contribution in [3.05, 3.63) is 0 Å². The van der Waals surface area contributed by atoms with Gasteiger partial charge in [-0.1, -0.05) is 0 Å². The van der Waals surface area contributed by atoms with Crippen molar-refractivity contribution in [1.82, 2.24) is 4.90 Å². The molecule has 0 aromatic rings. The molecule has 5 heteroatoms. The number of carbonyl (C=O) groups excluding carboxylic acids is 1. The standard InChI is InChI=1S/C11H20N2O3/c12-6-1-2-10(14)13-7-5-9(8-13)3-4-11(15)16/h9H,1-8,12H2,(H,15,16). The number of nitrogens with zero attached hydrogens (tertiary/aromatic N) is 1. The first-order valence-electron chi connectivity index (χ1n) is 5.83. The molecule has 1 fully saturated rings. The molecule has 1 unspecified atom stereocenters. The van der Waals surface area contributed by atoms with Crippen molar-refractivity contribution >= 4 is 11.9 Å². The lowest BCUT2D eigenvalue weighted by Crippen LogP contribution is -2.29. The van der Waals surface area contributed by atoms with Gasteiger partial charge in [-0.05, 0) is 31.7 Å². The smallest absolute Gasteiger partial charge is 0.303 e. The van der Waals surface area contributed by atoms with Crippen LogP contribution in [0.5, 0.6) is 0 Å². The lowest BCUT2D eigenvalue weighted by molar-refractivity contribution is -0.137. The summed E-state index contributed by atoms with van der Waals surface area (Å²) in [6.07, 6.45) is 3.06. The molecule has 92 valence electrons. The van der Waals surface area contributed by atoms with Crippen molar-refractivity contribution in [2.45, 2.75) is 32.1 Å². The molecule has 0 radical (unpaired) electrons. The van der Waals surface area contributed by atoms with Crippen molar-refractivity contribution in [3.8, 4) is 0 Å². The van der Waals surface area contributed by atoms with Crippen LogP contribution in [0.3, 0.4) is 0 Å². The number of hydrogen-bond acceptors (Lipinski definition) is 3. The third-order valence-corrected chi connectivity index (χ3v) is 3.00. The molecule has 16 heavy (non-hydrogen) atoms. The van der Waals surface area contributed by atoms with E-state index in [1.54, 1.807) is 0 Å². The maximum atomic E-state index is 11.6. The molecule has 1 aliphatic rings. The molecule has 0 aromatic heterocycles. The maximum Gasteiger partial charge on any atom is 0.303 e. The van der Waals surface area contributed by atoms with E-state index in [1.165, 1.54) is 0 Å². The number of amides is 1. The Bertz CT molecular complexity index is 256. The zero-order chi connectivity index (χ0) is 12.0. The minimum Gasteiger partial charge on any atom is -0.481 e. The van der Waals surface area contributed by atoms with E-state index < -0.39 is 5.97 Å². The van der Waals surface area contributed by atoms with E-state index in [9.17, 15) is 9.59 Å². The molecule has 1 rings (SSSR count). The lowest BCUT2D eigenvalue weighted by atomic mass is 10.0. The predicted octanol–water partition coefficient (Wildman–Crippen LogP) is 0.439. The van der Waals surface area contributed by atoms with Crippen LogP contribution in [-0.2, 0) is 9.59 Å². The van der Waals surface area contributed by atoms with E-state index in [1.807, 2.05) is 4.90 Å². The molecule has 0 bridgehead atoms. The minimum atomic E-state index is -0.757. The summed E-state index contributed by atoms with van der Waals surface area (Å²) in [5, 5.41) is 8.57. The summed E-state index contributed by atoms with van der Waals surface area (Å²) in [4.78, 5) is 23.9. The second-order valence-corrected chi connectivity index (χ2v) is 4.32. The molecule has 0 aromatic carbocycles. The van der Waals surface area contributed by atoms with Gasteiger partial charge in [0.15, 0.2) is 0 Å². The Hall–Kier alpha value is -1.10. The van der Waals surface area contributed by atoms with Crippen LogP contribution in [0.4, 0.5) is 0 Å². The number of carbonyl (C=O) groups is 2. The summed E-state index contributed by atoms with van der Waals surface area (Å²) < 4.78 is 0. The zero-order valence-corrected chi connectivity index (χ0v) is 9.52. The molecule has 3 N–H and O–H groups in total. The highest BCUT2D eigenvalue weighted by Crippen LogP contribution is 2.21. The van der Waals surface area contributed by atoms with Crippen LogP contribution < -0.4 is 5.73 Å². The van der Waals surface area contributed by atoms with Crippen molar-refractivity contribution in [1.29, 1.82) is 0 Å². The summed E-state index contributed by atoms with van der Waals surface area (Å²) in [5.74, 6) is -0.242. The highest BCUT2D eigenvalue weighted by atomic mass is 16.4. The van der Waals surface area contributed by atoms with Gasteiger partial charge in [0.1, 0.15) is 0 Å². The van der Waals surface area contributed by atoms with E-state index in [4.69, 9.17) is 10.8 Å². The summed E-state index contributed by atoms with van der Waals surface area (Å²) in [6, 6.07) is 0. The monoisotopic (exact) mass is 228 g/mol. The largest absolute Gasteiger partial charge is 0.481 e. The highest BCUT2D eigenvalue weighted by Gasteiger charge is 2.25. The van der Waals surface area contributed by atoms with Gasteiger partial charge in [-0.2, -0.15) is 0 Å². The van der Waals surface area contributed by atoms with E-state index in [-0.39, 0.29) is 12.3 Å². The molecular formula is C11H20N2O3. The molecule has 1 aliphatic heterocycles. The minimum absolute atomic E-state index is 0.156. The van der Waals surface area contributed by atoms with E-state index in [0.29, 0.717) is 25.3 Å². The molecule has 1 heterocycles. The number of likely N-dealkylation sites (tertiary alicyclic amines) is 1. The summed E-state index contributed by atoms with van der Waals surface area (Å²) in [7, 11) is 0. The normalized spacial score (nSPS) is 20.1. The second-order valence-electron chi connectivity index (χ2n) is 4.32. The fourth-order valence-electron chi connectivity index (χ4n) is 2.03. The van der Waals surface area contributed by atoms with E-state index >= 15 is 0 Å². The average Bonchev–Trinajstić information content (AvgIpc) is 2.71. The molecule has 0 saturated carbocycles. The maximum absolute atomic E-state index is 11.6. The second kappa shape index (κ2) is 6.48. The Labute approximate surface area is 95.6 Å². The Morgan fingerprint density at radius 2 is 2.12 bits per heavy atom. The van der Waals surface area contributed by atoms with Gasteiger partial charge in [0.05, 0.1) is 0 Å². The third-order valence-electron chi connectivity index (χ3n) is 3.00. The van der Waals surface area contributed by atoms with Gasteiger partial charge >= 0.3 is 5.97 Å². The summed E-state index contributed by atoms with van der Waals surface area (Å²) >= 11 is 0. The lowest BCUT2D eigenvalue weighted by Gasteiger charge is -2.16. The van der Waals surface area contributed by atoms with Crippen LogP contribution in [0.1, 0.15) is 32.1 Å². The van der Waals surface area contributed by atoms with Crippen LogP contribution in [-0.4, -0.2) is 41.5 Å². The molecule has 1 amide bonds. The highest BCUT2D eigenvalue weighted by molar-refractivity contribution is 5.76. The Kier molecular flexibility index (Phi) is 5.25. The Morgan fingerprint density at radius 3 is 2.75 bits per heavy atom. The number of carboxylic acid groups (broad SMARTS) is 1. The van der Waals surface area contributed by atoms with Crippen molar-refractivity contribution < 1.29 is 14.7 Å². The molecular weight excluding hydrogens is 208 g/mol. The predicted molar refractivity (Wildman–Crippen MR) is 59.8 cm³/mol.